The summed E-state index contributed by atoms with van der Waals surface area (Å²) in [6.45, 7) is 4.04. The van der Waals surface area contributed by atoms with Gasteiger partial charge in [-0.1, -0.05) is 18.2 Å². The van der Waals surface area contributed by atoms with Gasteiger partial charge in [0.2, 0.25) is 0 Å². The fourth-order valence-corrected chi connectivity index (χ4v) is 3.64. The van der Waals surface area contributed by atoms with Crippen LogP contribution in [0.5, 0.6) is 0 Å². The lowest BCUT2D eigenvalue weighted by Gasteiger charge is -2.03. The predicted molar refractivity (Wildman–Crippen MR) is 118 cm³/mol. The zero-order valence-electron chi connectivity index (χ0n) is 16.2. The molecule has 0 radical (unpaired) electrons. The van der Waals surface area contributed by atoms with E-state index >= 15 is 0 Å². The first-order valence-corrected chi connectivity index (χ1v) is 9.92. The van der Waals surface area contributed by atoms with E-state index in [-0.39, 0.29) is 10.9 Å². The Labute approximate surface area is 176 Å². The number of nitrogens with one attached hydrogen (secondary N) is 1. The van der Waals surface area contributed by atoms with Gasteiger partial charge in [0.05, 0.1) is 15.5 Å². The molecule has 150 valence electrons. The van der Waals surface area contributed by atoms with E-state index < -0.39 is 4.92 Å². The number of aryl methyl sites for hydroxylation is 2. The van der Waals surface area contributed by atoms with Crippen molar-refractivity contribution in [1.29, 1.82) is 0 Å². The molecule has 2 aromatic carbocycles. The summed E-state index contributed by atoms with van der Waals surface area (Å²) in [5.41, 5.74) is 3.63. The molecule has 30 heavy (non-hydrogen) atoms. The fourth-order valence-electron chi connectivity index (χ4n) is 2.92. The Morgan fingerprint density at radius 1 is 1.10 bits per heavy atom. The maximum atomic E-state index is 11.9. The molecule has 8 heteroatoms. The maximum Gasteiger partial charge on any atom is 0.289 e. The molecule has 1 fully saturated rings. The van der Waals surface area contributed by atoms with Gasteiger partial charge in [-0.3, -0.25) is 14.9 Å². The molecule has 2 heterocycles. The van der Waals surface area contributed by atoms with Crippen LogP contribution in [-0.2, 0) is 0 Å². The number of thioether (sulfide) groups is 1. The van der Waals surface area contributed by atoms with Crippen LogP contribution in [0.1, 0.15) is 16.9 Å². The maximum absolute atomic E-state index is 11.9. The minimum atomic E-state index is -0.447. The lowest BCUT2D eigenvalue weighted by atomic mass is 10.1. The Balaban J connectivity index is 1.64. The Morgan fingerprint density at radius 2 is 1.93 bits per heavy atom. The van der Waals surface area contributed by atoms with Gasteiger partial charge < -0.3 is 9.73 Å². The molecule has 1 aromatic heterocycles. The van der Waals surface area contributed by atoms with Crippen LogP contribution in [0.3, 0.4) is 0 Å². The lowest BCUT2D eigenvalue weighted by Crippen LogP contribution is -2.18. The molecule has 1 saturated heterocycles. The number of hydrogen-bond donors (Lipinski definition) is 1. The van der Waals surface area contributed by atoms with E-state index in [0.717, 1.165) is 23.0 Å². The summed E-state index contributed by atoms with van der Waals surface area (Å²) in [5.74, 6) is 1.48. The number of non-ortho nitro benzene ring substituents is 1. The molecule has 0 atom stereocenters. The summed E-state index contributed by atoms with van der Waals surface area (Å²) in [5, 5.41) is 13.5. The number of carbonyl (C=O) groups is 1. The van der Waals surface area contributed by atoms with E-state index in [1.54, 1.807) is 30.3 Å². The summed E-state index contributed by atoms with van der Waals surface area (Å²) in [6.07, 6.45) is 1.73. The number of amides is 1. The van der Waals surface area contributed by atoms with E-state index in [0.29, 0.717) is 27.8 Å². The van der Waals surface area contributed by atoms with Crippen molar-refractivity contribution in [2.24, 2.45) is 4.99 Å². The highest BCUT2D eigenvalue weighted by molar-refractivity contribution is 8.18. The van der Waals surface area contributed by atoms with E-state index in [2.05, 4.69) is 10.3 Å². The third-order valence-corrected chi connectivity index (χ3v) is 5.45. The van der Waals surface area contributed by atoms with Gasteiger partial charge in [0.25, 0.3) is 10.9 Å². The number of hydrogen-bond acceptors (Lipinski definition) is 6. The highest BCUT2D eigenvalue weighted by atomic mass is 32.2. The second kappa shape index (κ2) is 8.00. The largest absolute Gasteiger partial charge is 0.457 e. The summed E-state index contributed by atoms with van der Waals surface area (Å²) >= 11 is 1.04. The second-order valence-corrected chi connectivity index (χ2v) is 7.78. The quantitative estimate of drug-likeness (QED) is 0.413. The van der Waals surface area contributed by atoms with Gasteiger partial charge in [0.15, 0.2) is 0 Å². The van der Waals surface area contributed by atoms with Gasteiger partial charge >= 0.3 is 0 Å². The number of aliphatic imine (C=N–C) groups is 1. The third-order valence-electron chi connectivity index (χ3n) is 4.63. The van der Waals surface area contributed by atoms with Crippen molar-refractivity contribution in [3.05, 3.63) is 86.5 Å². The Bertz CT molecular complexity index is 1230. The molecule has 0 aliphatic carbocycles. The standard InChI is InChI=1S/C22H17N3O4S/c1-13-6-7-16(10-14(13)2)23-21-20(30-22(26)24-21)12-18-8-9-19(29-18)15-4-3-5-17(11-15)25(27)28/h3-12H,1-2H3,(H,23,24,26)/b20-12-. The molecule has 7 nitrogen and oxygen atoms in total. The summed E-state index contributed by atoms with van der Waals surface area (Å²) in [6, 6.07) is 15.6. The van der Waals surface area contributed by atoms with Crippen molar-refractivity contribution in [1.82, 2.24) is 5.32 Å². The molecule has 1 amide bonds. The van der Waals surface area contributed by atoms with Crippen molar-refractivity contribution >= 4 is 40.3 Å². The molecule has 0 bridgehead atoms. The van der Waals surface area contributed by atoms with Crippen LogP contribution in [0.15, 0.2) is 68.9 Å². The molecule has 1 aliphatic rings. The first kappa shape index (κ1) is 19.7. The zero-order chi connectivity index (χ0) is 21.3. The predicted octanol–water partition coefficient (Wildman–Crippen LogP) is 6.00. The van der Waals surface area contributed by atoms with E-state index in [1.165, 1.54) is 17.7 Å². The number of amidine groups is 1. The van der Waals surface area contributed by atoms with E-state index in [1.807, 2.05) is 32.0 Å². The average Bonchev–Trinajstić information content (AvgIpc) is 3.31. The first-order chi connectivity index (χ1) is 14.4. The topological polar surface area (TPSA) is 97.7 Å². The summed E-state index contributed by atoms with van der Waals surface area (Å²) in [4.78, 5) is 27.7. The lowest BCUT2D eigenvalue weighted by molar-refractivity contribution is -0.384. The van der Waals surface area contributed by atoms with Crippen LogP contribution < -0.4 is 5.32 Å². The molecule has 3 aromatic rings. The molecular formula is C22H17N3O4S. The molecule has 1 N–H and O–H groups in total. The van der Waals surface area contributed by atoms with Gasteiger partial charge in [-0.2, -0.15) is 0 Å². The van der Waals surface area contributed by atoms with Gasteiger partial charge in [0, 0.05) is 17.7 Å². The number of rotatable bonds is 4. The van der Waals surface area contributed by atoms with Crippen LogP contribution >= 0.6 is 11.8 Å². The van der Waals surface area contributed by atoms with Gasteiger partial charge in [-0.05, 0) is 67.1 Å². The second-order valence-electron chi connectivity index (χ2n) is 6.76. The normalized spacial score (nSPS) is 16.3. The molecule has 0 saturated carbocycles. The highest BCUT2D eigenvalue weighted by Gasteiger charge is 2.24. The van der Waals surface area contributed by atoms with Crippen LogP contribution in [0.25, 0.3) is 17.4 Å². The smallest absolute Gasteiger partial charge is 0.289 e. The third kappa shape index (κ3) is 4.18. The van der Waals surface area contributed by atoms with Crippen LogP contribution in [-0.4, -0.2) is 16.0 Å². The minimum absolute atomic E-state index is 0.00670. The number of furan rings is 1. The number of nitro groups is 1. The first-order valence-electron chi connectivity index (χ1n) is 9.10. The average molecular weight is 419 g/mol. The highest BCUT2D eigenvalue weighted by Crippen LogP contribution is 2.31. The van der Waals surface area contributed by atoms with Crippen molar-refractivity contribution < 1.29 is 14.1 Å². The molecule has 0 spiro atoms. The minimum Gasteiger partial charge on any atom is -0.457 e. The summed E-state index contributed by atoms with van der Waals surface area (Å²) < 4.78 is 5.83. The van der Waals surface area contributed by atoms with Crippen LogP contribution in [0.2, 0.25) is 0 Å². The van der Waals surface area contributed by atoms with Crippen molar-refractivity contribution in [2.75, 3.05) is 0 Å². The van der Waals surface area contributed by atoms with Gasteiger partial charge in [-0.25, -0.2) is 4.99 Å². The number of carbonyl (C=O) groups excluding carboxylic acids is 1. The van der Waals surface area contributed by atoms with Gasteiger partial charge in [0.1, 0.15) is 17.4 Å². The van der Waals surface area contributed by atoms with Gasteiger partial charge in [-0.15, -0.1) is 0 Å². The van der Waals surface area contributed by atoms with E-state index in [4.69, 9.17) is 4.42 Å². The Hall–Kier alpha value is -3.65. The van der Waals surface area contributed by atoms with E-state index in [9.17, 15) is 14.9 Å². The van der Waals surface area contributed by atoms with Crippen molar-refractivity contribution in [2.45, 2.75) is 13.8 Å². The van der Waals surface area contributed by atoms with Crippen LogP contribution in [0, 0.1) is 24.0 Å². The molecule has 1 aliphatic heterocycles. The zero-order valence-corrected chi connectivity index (χ0v) is 17.0. The van der Waals surface area contributed by atoms with Crippen molar-refractivity contribution in [3.63, 3.8) is 0 Å². The van der Waals surface area contributed by atoms with Crippen LogP contribution in [0.4, 0.5) is 16.2 Å². The SMILES string of the molecule is Cc1ccc(N=C2NC(=O)S/C2=C\c2ccc(-c3cccc([N+](=O)[O-])c3)o2)cc1C. The summed E-state index contributed by atoms with van der Waals surface area (Å²) in [7, 11) is 0. The monoisotopic (exact) mass is 419 g/mol. The van der Waals surface area contributed by atoms with Crippen molar-refractivity contribution in [3.8, 4) is 11.3 Å². The molecule has 0 unspecified atom stereocenters. The molecule has 4 rings (SSSR count). The molecular weight excluding hydrogens is 402 g/mol. The fraction of sp³-hybridized carbons (Fsp3) is 0.0909. The number of benzene rings is 2. The number of nitro benzene ring substituents is 1. The Kier molecular flexibility index (Phi) is 5.24. The number of nitrogens with zero attached hydrogens (tertiary/aromatic N) is 2. The Morgan fingerprint density at radius 3 is 2.70 bits per heavy atom.